The summed E-state index contributed by atoms with van der Waals surface area (Å²) in [5, 5.41) is 0.741. The number of nitrogens with zero attached hydrogens (tertiary/aromatic N) is 13. The Kier molecular flexibility index (Phi) is 3.96. The Labute approximate surface area is 221 Å². The zero-order chi connectivity index (χ0) is 26.2. The van der Waals surface area contributed by atoms with E-state index in [4.69, 9.17) is 24.9 Å². The third-order valence-corrected chi connectivity index (χ3v) is 6.45. The molecule has 2 N–H and O–H groups in total. The van der Waals surface area contributed by atoms with Gasteiger partial charge in [-0.2, -0.15) is 0 Å². The van der Waals surface area contributed by atoms with Crippen LogP contribution in [0.5, 0.6) is 0 Å². The predicted molar refractivity (Wildman–Crippen MR) is 141 cm³/mol. The fraction of sp³-hybridized carbons (Fsp3) is 0. The monoisotopic (exact) mass is 521 g/mol. The largest absolute Gasteiger partial charge is 0.322 e. The molecule has 0 saturated heterocycles. The van der Waals surface area contributed by atoms with Crippen molar-refractivity contribution < 1.29 is 0 Å². The van der Waals surface area contributed by atoms with Crippen molar-refractivity contribution in [3.63, 3.8) is 0 Å². The lowest BCUT2D eigenvalue weighted by atomic mass is 10.3. The second-order valence-electron chi connectivity index (χ2n) is 8.77. The van der Waals surface area contributed by atoms with Crippen molar-refractivity contribution in [2.75, 3.05) is 0 Å². The fourth-order valence-corrected chi connectivity index (χ4v) is 4.75. The molecule has 0 amide bonds. The maximum absolute atomic E-state index is 4.82. The van der Waals surface area contributed by atoms with Gasteiger partial charge < -0.3 is 9.97 Å². The highest BCUT2D eigenvalue weighted by Crippen LogP contribution is 2.32. The highest BCUT2D eigenvalue weighted by atomic mass is 15.1. The van der Waals surface area contributed by atoms with E-state index in [-0.39, 0.29) is 0 Å². The Morgan fingerprint density at radius 3 is 1.30 bits per heavy atom. The molecule has 40 heavy (non-hydrogen) atoms. The minimum absolute atomic E-state index is 0.313. The van der Waals surface area contributed by atoms with Gasteiger partial charge in [0.05, 0.1) is 0 Å². The van der Waals surface area contributed by atoms with Crippen LogP contribution in [0.4, 0.5) is 0 Å². The van der Waals surface area contributed by atoms with Gasteiger partial charge in [-0.1, -0.05) is 0 Å². The smallest absolute Gasteiger partial charge is 0.184 e. The molecule has 2 aliphatic rings. The Balaban J connectivity index is 1.51. The van der Waals surface area contributed by atoms with Gasteiger partial charge in [0, 0.05) is 48.8 Å². The lowest BCUT2D eigenvalue weighted by Crippen LogP contribution is -1.89. The summed E-state index contributed by atoms with van der Waals surface area (Å²) in [6, 6.07) is 3.72. The average Bonchev–Trinajstić information content (AvgIpc) is 3.73. The second-order valence-corrected chi connectivity index (χ2v) is 8.77. The average molecular weight is 521 g/mol. The van der Waals surface area contributed by atoms with Crippen molar-refractivity contribution in [1.29, 1.82) is 0 Å². The molecule has 7 aromatic rings. The minimum atomic E-state index is 0.313. The van der Waals surface area contributed by atoms with Crippen molar-refractivity contribution in [1.82, 2.24) is 74.8 Å². The SMILES string of the molecule is c1cnc2c3nc4nc(nc5[nH]c(nc6nc(nc([nH]3)c2c1)-c1nccnc1-6)c1nccnc51)-c1nccnc1-4. The van der Waals surface area contributed by atoms with Crippen molar-refractivity contribution in [3.05, 3.63) is 55.5 Å². The first-order valence-electron chi connectivity index (χ1n) is 12.0. The van der Waals surface area contributed by atoms with Crippen LogP contribution >= 0.6 is 0 Å². The van der Waals surface area contributed by atoms with Gasteiger partial charge in [0.1, 0.15) is 45.0 Å². The molecule has 9 heterocycles. The van der Waals surface area contributed by atoms with E-state index in [0.29, 0.717) is 85.2 Å². The first-order chi connectivity index (χ1) is 19.8. The fourth-order valence-electron chi connectivity index (χ4n) is 4.75. The van der Waals surface area contributed by atoms with Gasteiger partial charge in [-0.3, -0.25) is 4.98 Å². The maximum Gasteiger partial charge on any atom is 0.184 e. The molecule has 0 atom stereocenters. The first kappa shape index (κ1) is 20.8. The van der Waals surface area contributed by atoms with E-state index >= 15 is 0 Å². The summed E-state index contributed by atoms with van der Waals surface area (Å²) in [6.45, 7) is 0. The minimum Gasteiger partial charge on any atom is -0.322 e. The van der Waals surface area contributed by atoms with Gasteiger partial charge in [0.2, 0.25) is 0 Å². The van der Waals surface area contributed by atoms with E-state index in [0.717, 1.165) is 5.39 Å². The molecule has 15 heteroatoms. The molecule has 7 aromatic heterocycles. The molecule has 186 valence electrons. The summed E-state index contributed by atoms with van der Waals surface area (Å²) in [4.78, 5) is 66.5. The number of H-pyrrole nitrogens is 2. The van der Waals surface area contributed by atoms with E-state index in [1.165, 1.54) is 0 Å². The molecule has 2 aliphatic heterocycles. The van der Waals surface area contributed by atoms with Crippen LogP contribution in [0.15, 0.2) is 55.5 Å². The molecule has 0 fully saturated rings. The Morgan fingerprint density at radius 2 is 0.775 bits per heavy atom. The molecule has 0 spiro atoms. The maximum atomic E-state index is 4.82. The molecule has 0 aliphatic carbocycles. The molecule has 8 bridgehead atoms. The Bertz CT molecular complexity index is 2040. The van der Waals surface area contributed by atoms with Crippen LogP contribution in [0, 0.1) is 0 Å². The number of hydrogen-bond acceptors (Lipinski definition) is 13. The lowest BCUT2D eigenvalue weighted by molar-refractivity contribution is 1.18. The predicted octanol–water partition coefficient (Wildman–Crippen LogP) is 2.63. The number of aromatic nitrogens is 15. The summed E-state index contributed by atoms with van der Waals surface area (Å²) in [7, 11) is 0. The van der Waals surface area contributed by atoms with E-state index in [1.807, 2.05) is 12.1 Å². The Morgan fingerprint density at radius 1 is 0.375 bits per heavy atom. The number of nitrogens with one attached hydrogen (secondary N) is 2. The molecular formula is C25H11N15. The molecule has 15 nitrogen and oxygen atoms in total. The van der Waals surface area contributed by atoms with Gasteiger partial charge in [-0.25, -0.2) is 59.8 Å². The van der Waals surface area contributed by atoms with Crippen LogP contribution < -0.4 is 0 Å². The summed E-state index contributed by atoms with van der Waals surface area (Å²) in [5.41, 5.74) is 5.28. The van der Waals surface area contributed by atoms with Crippen molar-refractivity contribution in [3.8, 4) is 46.1 Å². The molecular weight excluding hydrogens is 510 g/mol. The Hall–Kier alpha value is -6.25. The lowest BCUT2D eigenvalue weighted by Gasteiger charge is -1.94. The normalized spacial score (nSPS) is 12.0. The van der Waals surface area contributed by atoms with Gasteiger partial charge in [0.15, 0.2) is 40.2 Å². The van der Waals surface area contributed by atoms with Crippen LogP contribution in [-0.2, 0) is 0 Å². The molecule has 9 rings (SSSR count). The quantitative estimate of drug-likeness (QED) is 0.295. The molecule has 0 aromatic carbocycles. The van der Waals surface area contributed by atoms with Gasteiger partial charge in [-0.15, -0.1) is 0 Å². The van der Waals surface area contributed by atoms with Gasteiger partial charge in [-0.05, 0) is 12.1 Å². The van der Waals surface area contributed by atoms with Crippen LogP contribution in [0.1, 0.15) is 0 Å². The third kappa shape index (κ3) is 2.90. The van der Waals surface area contributed by atoms with Gasteiger partial charge in [0.25, 0.3) is 0 Å². The second kappa shape index (κ2) is 7.64. The molecule has 0 radical (unpaired) electrons. The van der Waals surface area contributed by atoms with Crippen molar-refractivity contribution >= 4 is 44.5 Å². The van der Waals surface area contributed by atoms with E-state index in [2.05, 4.69) is 49.8 Å². The number of hydrogen-bond donors (Lipinski definition) is 2. The zero-order valence-corrected chi connectivity index (χ0v) is 20.0. The number of rotatable bonds is 0. The van der Waals surface area contributed by atoms with E-state index < -0.39 is 0 Å². The number of fused-ring (bicyclic) bond motifs is 20. The third-order valence-electron chi connectivity index (χ3n) is 6.45. The highest BCUT2D eigenvalue weighted by molar-refractivity contribution is 6.02. The first-order valence-corrected chi connectivity index (χ1v) is 12.0. The van der Waals surface area contributed by atoms with Crippen LogP contribution in [0.25, 0.3) is 90.6 Å². The number of aromatic amines is 2. The molecule has 0 saturated carbocycles. The highest BCUT2D eigenvalue weighted by Gasteiger charge is 2.25. The van der Waals surface area contributed by atoms with Crippen molar-refractivity contribution in [2.24, 2.45) is 0 Å². The zero-order valence-electron chi connectivity index (χ0n) is 20.0. The van der Waals surface area contributed by atoms with Crippen LogP contribution in [0.2, 0.25) is 0 Å². The number of pyridine rings is 1. The molecule has 0 unspecified atom stereocenters. The summed E-state index contributed by atoms with van der Waals surface area (Å²) in [5.74, 6) is 1.29. The van der Waals surface area contributed by atoms with Crippen LogP contribution in [0.3, 0.4) is 0 Å². The van der Waals surface area contributed by atoms with E-state index in [9.17, 15) is 0 Å². The van der Waals surface area contributed by atoms with Gasteiger partial charge >= 0.3 is 0 Å². The topological polar surface area (TPSA) is 199 Å². The standard InChI is InChI=1S/C25H11N15/c1-2-10-11(26-3-1)19-33-18(10)34-20-12-13(28-5-4-27-12)22(36-20)38-24-16-17(32-9-8-31-16)25(40-24)39-23-15-14(21(35-19)37-23)29-6-7-30-15/h1-9H,(H2,33,34,35,36,37,38,39,40). The van der Waals surface area contributed by atoms with Crippen molar-refractivity contribution in [2.45, 2.75) is 0 Å². The summed E-state index contributed by atoms with van der Waals surface area (Å²) in [6.07, 6.45) is 11.2. The summed E-state index contributed by atoms with van der Waals surface area (Å²) < 4.78 is 0. The van der Waals surface area contributed by atoms with E-state index in [1.54, 1.807) is 43.4 Å². The van der Waals surface area contributed by atoms with Crippen LogP contribution in [-0.4, -0.2) is 74.8 Å². The summed E-state index contributed by atoms with van der Waals surface area (Å²) >= 11 is 0.